The van der Waals surface area contributed by atoms with Gasteiger partial charge in [0.15, 0.2) is 5.13 Å². The quantitative estimate of drug-likeness (QED) is 0.834. The highest BCUT2D eigenvalue weighted by molar-refractivity contribution is 7.15. The second-order valence-electron chi connectivity index (χ2n) is 5.89. The van der Waals surface area contributed by atoms with Gasteiger partial charge in [0.2, 0.25) is 5.91 Å². The van der Waals surface area contributed by atoms with Crippen LogP contribution in [0.2, 0.25) is 0 Å². The average Bonchev–Trinajstić information content (AvgIpc) is 3.09. The number of carbonyl (C=O) groups excluding carboxylic acids is 3. The van der Waals surface area contributed by atoms with Crippen molar-refractivity contribution in [3.63, 3.8) is 0 Å². The number of imide groups is 1. The molecule has 1 aromatic carbocycles. The molecule has 0 radical (unpaired) electrons. The molecule has 4 rings (SSSR count). The minimum atomic E-state index is -0.427. The Labute approximate surface area is 154 Å². The number of anilines is 1. The molecule has 2 heterocycles. The van der Waals surface area contributed by atoms with E-state index in [1.54, 1.807) is 24.3 Å². The molecule has 2 aromatic rings. The van der Waals surface area contributed by atoms with Gasteiger partial charge >= 0.3 is 0 Å². The van der Waals surface area contributed by atoms with Crippen LogP contribution in [-0.4, -0.2) is 34.2 Å². The summed E-state index contributed by atoms with van der Waals surface area (Å²) in [6.45, 7) is -0.295. The SMILES string of the molecule is Cl.O=C(CN1C(=O)c2ccccc2C1=O)Nc1nc2c(s1)CCCC2. The molecule has 0 spiro atoms. The Bertz CT molecular complexity index is 806. The van der Waals surface area contributed by atoms with Gasteiger partial charge in [-0.2, -0.15) is 0 Å². The van der Waals surface area contributed by atoms with Gasteiger partial charge in [0.05, 0.1) is 16.8 Å². The normalized spacial score (nSPS) is 15.4. The predicted octanol–water partition coefficient (Wildman–Crippen LogP) is 2.68. The van der Waals surface area contributed by atoms with Crippen LogP contribution in [0, 0.1) is 0 Å². The van der Waals surface area contributed by atoms with Gasteiger partial charge in [0.1, 0.15) is 6.54 Å². The molecular formula is C17H16ClN3O3S. The van der Waals surface area contributed by atoms with Gasteiger partial charge in [-0.3, -0.25) is 19.3 Å². The molecule has 0 fully saturated rings. The zero-order chi connectivity index (χ0) is 16.7. The summed E-state index contributed by atoms with van der Waals surface area (Å²) in [5.74, 6) is -1.26. The highest BCUT2D eigenvalue weighted by Gasteiger charge is 2.36. The van der Waals surface area contributed by atoms with Crippen LogP contribution in [-0.2, 0) is 17.6 Å². The summed E-state index contributed by atoms with van der Waals surface area (Å²) in [6, 6.07) is 6.60. The number of aromatic nitrogens is 1. The maximum Gasteiger partial charge on any atom is 0.262 e. The molecule has 8 heteroatoms. The molecule has 25 heavy (non-hydrogen) atoms. The van der Waals surface area contributed by atoms with Crippen LogP contribution in [0.4, 0.5) is 5.13 Å². The van der Waals surface area contributed by atoms with Crippen molar-refractivity contribution in [2.24, 2.45) is 0 Å². The van der Waals surface area contributed by atoms with Gasteiger partial charge in [-0.05, 0) is 37.8 Å². The zero-order valence-electron chi connectivity index (χ0n) is 13.3. The zero-order valence-corrected chi connectivity index (χ0v) is 14.9. The highest BCUT2D eigenvalue weighted by atomic mass is 35.5. The Morgan fingerprint density at radius 2 is 1.76 bits per heavy atom. The van der Waals surface area contributed by atoms with Crippen molar-refractivity contribution in [2.75, 3.05) is 11.9 Å². The minimum absolute atomic E-state index is 0. The fraction of sp³-hybridized carbons (Fsp3) is 0.294. The van der Waals surface area contributed by atoms with Crippen LogP contribution in [0.5, 0.6) is 0 Å². The molecule has 130 valence electrons. The van der Waals surface area contributed by atoms with E-state index < -0.39 is 17.7 Å². The first kappa shape index (κ1) is 17.6. The van der Waals surface area contributed by atoms with Gasteiger partial charge in [0.25, 0.3) is 11.8 Å². The van der Waals surface area contributed by atoms with E-state index in [1.165, 1.54) is 16.2 Å². The van der Waals surface area contributed by atoms with Crippen LogP contribution >= 0.6 is 23.7 Å². The van der Waals surface area contributed by atoms with Crippen molar-refractivity contribution in [3.8, 4) is 0 Å². The van der Waals surface area contributed by atoms with Crippen molar-refractivity contribution >= 4 is 46.6 Å². The first-order chi connectivity index (χ1) is 11.6. The van der Waals surface area contributed by atoms with Crippen LogP contribution in [0.1, 0.15) is 44.1 Å². The van der Waals surface area contributed by atoms with E-state index in [0.29, 0.717) is 16.3 Å². The van der Waals surface area contributed by atoms with E-state index in [1.807, 2.05) is 0 Å². The third kappa shape index (κ3) is 3.17. The highest BCUT2D eigenvalue weighted by Crippen LogP contribution is 2.29. The lowest BCUT2D eigenvalue weighted by molar-refractivity contribution is -0.116. The van der Waals surface area contributed by atoms with Crippen molar-refractivity contribution in [2.45, 2.75) is 25.7 Å². The Kier molecular flexibility index (Phi) is 4.87. The van der Waals surface area contributed by atoms with Crippen LogP contribution in [0.3, 0.4) is 0 Å². The van der Waals surface area contributed by atoms with E-state index in [9.17, 15) is 14.4 Å². The topological polar surface area (TPSA) is 79.4 Å². The molecule has 3 amide bonds. The largest absolute Gasteiger partial charge is 0.300 e. The predicted molar refractivity (Wildman–Crippen MR) is 96.4 cm³/mol. The Morgan fingerprint density at radius 3 is 2.40 bits per heavy atom. The van der Waals surface area contributed by atoms with E-state index in [-0.39, 0.29) is 19.0 Å². The van der Waals surface area contributed by atoms with Crippen molar-refractivity contribution in [1.82, 2.24) is 9.88 Å². The van der Waals surface area contributed by atoms with E-state index >= 15 is 0 Å². The van der Waals surface area contributed by atoms with Gasteiger partial charge in [-0.1, -0.05) is 12.1 Å². The molecule has 0 atom stereocenters. The first-order valence-electron chi connectivity index (χ1n) is 7.87. The lowest BCUT2D eigenvalue weighted by atomic mass is 10.0. The molecular weight excluding hydrogens is 362 g/mol. The molecule has 0 saturated carbocycles. The summed E-state index contributed by atoms with van der Waals surface area (Å²) >= 11 is 1.48. The summed E-state index contributed by atoms with van der Waals surface area (Å²) in [5, 5.41) is 3.26. The molecule has 2 aliphatic rings. The summed E-state index contributed by atoms with van der Waals surface area (Å²) < 4.78 is 0. The summed E-state index contributed by atoms with van der Waals surface area (Å²) in [6.07, 6.45) is 4.22. The maximum absolute atomic E-state index is 12.3. The fourth-order valence-electron chi connectivity index (χ4n) is 3.09. The lowest BCUT2D eigenvalue weighted by Gasteiger charge is -2.12. The van der Waals surface area contributed by atoms with E-state index in [2.05, 4.69) is 10.3 Å². The Morgan fingerprint density at radius 1 is 1.12 bits per heavy atom. The average molecular weight is 378 g/mol. The fourth-order valence-corrected chi connectivity index (χ4v) is 4.16. The van der Waals surface area contributed by atoms with E-state index in [0.717, 1.165) is 36.3 Å². The molecule has 6 nitrogen and oxygen atoms in total. The molecule has 0 bridgehead atoms. The molecule has 1 N–H and O–H groups in total. The second-order valence-corrected chi connectivity index (χ2v) is 6.97. The smallest absolute Gasteiger partial charge is 0.262 e. The number of aryl methyl sites for hydroxylation is 2. The molecule has 1 aliphatic carbocycles. The van der Waals surface area contributed by atoms with E-state index in [4.69, 9.17) is 0 Å². The number of amides is 3. The van der Waals surface area contributed by atoms with Crippen molar-refractivity contribution in [1.29, 1.82) is 0 Å². The van der Waals surface area contributed by atoms with Crippen LogP contribution < -0.4 is 5.32 Å². The number of nitrogens with zero attached hydrogens (tertiary/aromatic N) is 2. The number of rotatable bonds is 3. The van der Waals surface area contributed by atoms with Gasteiger partial charge in [-0.15, -0.1) is 23.7 Å². The van der Waals surface area contributed by atoms with Crippen molar-refractivity contribution in [3.05, 3.63) is 46.0 Å². The summed E-state index contributed by atoms with van der Waals surface area (Å²) in [4.78, 5) is 43.4. The number of fused-ring (bicyclic) bond motifs is 2. The maximum atomic E-state index is 12.3. The van der Waals surface area contributed by atoms with Crippen molar-refractivity contribution < 1.29 is 14.4 Å². The first-order valence-corrected chi connectivity index (χ1v) is 8.69. The summed E-state index contributed by atoms with van der Waals surface area (Å²) in [7, 11) is 0. The molecule has 1 aliphatic heterocycles. The second kappa shape index (κ2) is 6.93. The molecule has 0 unspecified atom stereocenters. The van der Waals surface area contributed by atoms with Gasteiger partial charge in [0, 0.05) is 4.88 Å². The van der Waals surface area contributed by atoms with Crippen LogP contribution in [0.25, 0.3) is 0 Å². The monoisotopic (exact) mass is 377 g/mol. The van der Waals surface area contributed by atoms with Gasteiger partial charge in [-0.25, -0.2) is 4.98 Å². The number of halogens is 1. The Hall–Kier alpha value is -2.25. The third-order valence-electron chi connectivity index (χ3n) is 4.27. The van der Waals surface area contributed by atoms with Gasteiger partial charge < -0.3 is 5.32 Å². The minimum Gasteiger partial charge on any atom is -0.300 e. The third-order valence-corrected chi connectivity index (χ3v) is 5.34. The Balaban J connectivity index is 0.00000182. The number of carbonyl (C=O) groups is 3. The molecule has 1 aromatic heterocycles. The standard InChI is InChI=1S/C17H15N3O3S.ClH/c21-14(19-17-18-12-7-3-4-8-13(12)24-17)9-20-15(22)10-5-1-2-6-11(10)16(20)23;/h1-2,5-6H,3-4,7-9H2,(H,18,19,21);1H. The lowest BCUT2D eigenvalue weighted by Crippen LogP contribution is -2.37. The number of thiazole rings is 1. The number of benzene rings is 1. The summed E-state index contributed by atoms with van der Waals surface area (Å²) in [5.41, 5.74) is 1.75. The number of hydrogen-bond acceptors (Lipinski definition) is 5. The number of hydrogen-bond donors (Lipinski definition) is 1. The molecule has 0 saturated heterocycles. The van der Waals surface area contributed by atoms with Crippen LogP contribution in [0.15, 0.2) is 24.3 Å². The number of nitrogens with one attached hydrogen (secondary N) is 1.